The number of para-hydroxylation sites is 1. The Balaban J connectivity index is 2.30. The molecule has 1 aliphatic heterocycles. The highest BCUT2D eigenvalue weighted by molar-refractivity contribution is 5.56. The standard InChI is InChI=1S/C13H19FN2O/c1-10(17)11-4-3-5-12(14)13(11)16-8-6-15(2)7-9-16/h3-5,10,17H,6-9H2,1-2H3. The molecule has 0 aromatic heterocycles. The van der Waals surface area contributed by atoms with E-state index in [-0.39, 0.29) is 5.82 Å². The van der Waals surface area contributed by atoms with E-state index in [4.69, 9.17) is 0 Å². The number of hydrogen-bond acceptors (Lipinski definition) is 3. The average Bonchev–Trinajstić information content (AvgIpc) is 2.30. The summed E-state index contributed by atoms with van der Waals surface area (Å²) in [7, 11) is 2.06. The summed E-state index contributed by atoms with van der Waals surface area (Å²) in [6, 6.07) is 4.90. The Labute approximate surface area is 101 Å². The van der Waals surface area contributed by atoms with Crippen molar-refractivity contribution in [3.05, 3.63) is 29.6 Å². The van der Waals surface area contributed by atoms with Crippen LogP contribution in [0.15, 0.2) is 18.2 Å². The van der Waals surface area contributed by atoms with Crippen LogP contribution in [0.1, 0.15) is 18.6 Å². The van der Waals surface area contributed by atoms with Crippen LogP contribution >= 0.6 is 0 Å². The van der Waals surface area contributed by atoms with Gasteiger partial charge in [-0.3, -0.25) is 0 Å². The fourth-order valence-electron chi connectivity index (χ4n) is 2.23. The van der Waals surface area contributed by atoms with Crippen molar-refractivity contribution in [2.45, 2.75) is 13.0 Å². The molecule has 1 heterocycles. The van der Waals surface area contributed by atoms with E-state index in [1.165, 1.54) is 6.07 Å². The second-order valence-electron chi connectivity index (χ2n) is 4.64. The van der Waals surface area contributed by atoms with Gasteiger partial charge in [-0.1, -0.05) is 12.1 Å². The van der Waals surface area contributed by atoms with Crippen molar-refractivity contribution >= 4 is 5.69 Å². The first-order chi connectivity index (χ1) is 8.09. The van der Waals surface area contributed by atoms with Gasteiger partial charge in [0.15, 0.2) is 0 Å². The summed E-state index contributed by atoms with van der Waals surface area (Å²) in [5.74, 6) is -0.243. The second-order valence-corrected chi connectivity index (χ2v) is 4.64. The van der Waals surface area contributed by atoms with Crippen LogP contribution in [0, 0.1) is 5.82 Å². The first-order valence-electron chi connectivity index (χ1n) is 5.99. The molecule has 0 radical (unpaired) electrons. The molecule has 0 bridgehead atoms. The van der Waals surface area contributed by atoms with Gasteiger partial charge in [-0.2, -0.15) is 0 Å². The molecule has 0 aliphatic carbocycles. The maximum absolute atomic E-state index is 13.9. The molecule has 1 aliphatic rings. The molecule has 17 heavy (non-hydrogen) atoms. The normalized spacial score (nSPS) is 19.4. The van der Waals surface area contributed by atoms with Crippen molar-refractivity contribution < 1.29 is 9.50 Å². The van der Waals surface area contributed by atoms with E-state index in [1.54, 1.807) is 19.1 Å². The van der Waals surface area contributed by atoms with Crippen LogP contribution in [0.5, 0.6) is 0 Å². The molecule has 4 heteroatoms. The van der Waals surface area contributed by atoms with Gasteiger partial charge in [0, 0.05) is 31.7 Å². The molecular formula is C13H19FN2O. The molecule has 0 amide bonds. The predicted octanol–water partition coefficient (Wildman–Crippen LogP) is 1.63. The minimum absolute atomic E-state index is 0.243. The lowest BCUT2D eigenvalue weighted by Gasteiger charge is -2.35. The van der Waals surface area contributed by atoms with Crippen molar-refractivity contribution in [1.82, 2.24) is 4.90 Å². The number of benzene rings is 1. The fourth-order valence-corrected chi connectivity index (χ4v) is 2.23. The summed E-state index contributed by atoms with van der Waals surface area (Å²) in [5.41, 5.74) is 1.24. The Hall–Kier alpha value is -1.13. The SMILES string of the molecule is CC(O)c1cccc(F)c1N1CCN(C)CC1. The molecule has 1 aromatic rings. The number of aliphatic hydroxyl groups is 1. The van der Waals surface area contributed by atoms with Crippen LogP contribution in [0.2, 0.25) is 0 Å². The van der Waals surface area contributed by atoms with Gasteiger partial charge in [0.2, 0.25) is 0 Å². The van der Waals surface area contributed by atoms with Gasteiger partial charge in [-0.25, -0.2) is 4.39 Å². The number of anilines is 1. The number of nitrogens with zero attached hydrogens (tertiary/aromatic N) is 2. The lowest BCUT2D eigenvalue weighted by Crippen LogP contribution is -2.45. The molecule has 3 nitrogen and oxygen atoms in total. The summed E-state index contributed by atoms with van der Waals surface area (Å²) in [4.78, 5) is 4.25. The smallest absolute Gasteiger partial charge is 0.146 e. The Morgan fingerprint density at radius 1 is 1.24 bits per heavy atom. The summed E-state index contributed by atoms with van der Waals surface area (Å²) in [5, 5.41) is 9.71. The zero-order chi connectivity index (χ0) is 12.4. The zero-order valence-corrected chi connectivity index (χ0v) is 10.4. The Bertz CT molecular complexity index is 387. The third-order valence-electron chi connectivity index (χ3n) is 3.29. The van der Waals surface area contributed by atoms with E-state index < -0.39 is 6.10 Å². The van der Waals surface area contributed by atoms with Gasteiger partial charge >= 0.3 is 0 Å². The number of likely N-dealkylation sites (N-methyl/N-ethyl adjacent to an activating group) is 1. The number of aliphatic hydroxyl groups excluding tert-OH is 1. The van der Waals surface area contributed by atoms with Gasteiger partial charge < -0.3 is 14.9 Å². The van der Waals surface area contributed by atoms with Crippen molar-refractivity contribution in [2.24, 2.45) is 0 Å². The van der Waals surface area contributed by atoms with E-state index in [2.05, 4.69) is 11.9 Å². The molecule has 2 rings (SSSR count). The van der Waals surface area contributed by atoms with Gasteiger partial charge in [-0.05, 0) is 20.0 Å². The quantitative estimate of drug-likeness (QED) is 0.848. The van der Waals surface area contributed by atoms with Crippen molar-refractivity contribution in [3.63, 3.8) is 0 Å². The van der Waals surface area contributed by atoms with E-state index >= 15 is 0 Å². The second kappa shape index (κ2) is 5.02. The van der Waals surface area contributed by atoms with Crippen molar-refractivity contribution in [2.75, 3.05) is 38.1 Å². The van der Waals surface area contributed by atoms with E-state index in [0.717, 1.165) is 26.2 Å². The monoisotopic (exact) mass is 238 g/mol. The highest BCUT2D eigenvalue weighted by atomic mass is 19.1. The Kier molecular flexibility index (Phi) is 3.64. The minimum atomic E-state index is -0.639. The summed E-state index contributed by atoms with van der Waals surface area (Å²) in [6.45, 7) is 5.13. The van der Waals surface area contributed by atoms with Crippen LogP contribution in [0.25, 0.3) is 0 Å². The molecule has 1 fully saturated rings. The number of halogens is 1. The molecule has 1 unspecified atom stereocenters. The molecule has 94 valence electrons. The number of rotatable bonds is 2. The molecule has 1 atom stereocenters. The minimum Gasteiger partial charge on any atom is -0.389 e. The first-order valence-corrected chi connectivity index (χ1v) is 5.99. The Morgan fingerprint density at radius 2 is 1.88 bits per heavy atom. The van der Waals surface area contributed by atoms with Crippen molar-refractivity contribution in [3.8, 4) is 0 Å². The van der Waals surface area contributed by atoms with E-state index in [1.807, 2.05) is 4.90 Å². The molecule has 1 saturated heterocycles. The molecule has 1 aromatic carbocycles. The van der Waals surface area contributed by atoms with E-state index in [9.17, 15) is 9.50 Å². The molecule has 1 N–H and O–H groups in total. The first kappa shape index (κ1) is 12.3. The highest BCUT2D eigenvalue weighted by Crippen LogP contribution is 2.29. The largest absolute Gasteiger partial charge is 0.389 e. The van der Waals surface area contributed by atoms with Crippen molar-refractivity contribution in [1.29, 1.82) is 0 Å². The molecular weight excluding hydrogens is 219 g/mol. The summed E-state index contributed by atoms with van der Waals surface area (Å²) < 4.78 is 13.9. The predicted molar refractivity (Wildman–Crippen MR) is 66.7 cm³/mol. The van der Waals surface area contributed by atoms with Crippen LogP contribution in [0.4, 0.5) is 10.1 Å². The van der Waals surface area contributed by atoms with Gasteiger partial charge in [-0.15, -0.1) is 0 Å². The summed E-state index contributed by atoms with van der Waals surface area (Å²) in [6.07, 6.45) is -0.639. The lowest BCUT2D eigenvalue weighted by atomic mass is 10.1. The topological polar surface area (TPSA) is 26.7 Å². The third kappa shape index (κ3) is 2.58. The van der Waals surface area contributed by atoms with Crippen LogP contribution < -0.4 is 4.90 Å². The van der Waals surface area contributed by atoms with E-state index in [0.29, 0.717) is 11.3 Å². The molecule has 0 saturated carbocycles. The Morgan fingerprint density at radius 3 is 2.47 bits per heavy atom. The van der Waals surface area contributed by atoms with Gasteiger partial charge in [0.05, 0.1) is 11.8 Å². The van der Waals surface area contributed by atoms with Gasteiger partial charge in [0.1, 0.15) is 5.82 Å². The highest BCUT2D eigenvalue weighted by Gasteiger charge is 2.21. The van der Waals surface area contributed by atoms with Crippen LogP contribution in [0.3, 0.4) is 0 Å². The number of hydrogen-bond donors (Lipinski definition) is 1. The molecule has 0 spiro atoms. The summed E-state index contributed by atoms with van der Waals surface area (Å²) >= 11 is 0. The zero-order valence-electron chi connectivity index (χ0n) is 10.4. The van der Waals surface area contributed by atoms with Crippen LogP contribution in [-0.2, 0) is 0 Å². The number of piperazine rings is 1. The average molecular weight is 238 g/mol. The fraction of sp³-hybridized carbons (Fsp3) is 0.538. The van der Waals surface area contributed by atoms with Gasteiger partial charge in [0.25, 0.3) is 0 Å². The maximum atomic E-state index is 13.9. The maximum Gasteiger partial charge on any atom is 0.146 e. The van der Waals surface area contributed by atoms with Crippen LogP contribution in [-0.4, -0.2) is 43.2 Å². The lowest BCUT2D eigenvalue weighted by molar-refractivity contribution is 0.198. The third-order valence-corrected chi connectivity index (χ3v) is 3.29.